The maximum Gasteiger partial charge on any atom is 0.239 e. The fraction of sp³-hybridized carbons (Fsp3) is 0.909. The molecule has 0 spiro atoms. The quantitative estimate of drug-likeness (QED) is 0.708. The normalized spacial score (nSPS) is 13.0. The van der Waals surface area contributed by atoms with E-state index in [2.05, 4.69) is 13.8 Å². The number of hydrogen-bond donors (Lipinski definition) is 1. The average molecular weight is 200 g/mol. The molecule has 0 fully saturated rings. The highest BCUT2D eigenvalue weighted by molar-refractivity contribution is 5.81. The molecule has 0 aromatic carbocycles. The van der Waals surface area contributed by atoms with Gasteiger partial charge in [-0.15, -0.1) is 0 Å². The molecule has 3 heteroatoms. The van der Waals surface area contributed by atoms with Gasteiger partial charge in [-0.1, -0.05) is 27.2 Å². The summed E-state index contributed by atoms with van der Waals surface area (Å²) < 4.78 is 0. The van der Waals surface area contributed by atoms with Crippen molar-refractivity contribution in [3.63, 3.8) is 0 Å². The lowest BCUT2D eigenvalue weighted by Crippen LogP contribution is -2.42. The number of carbonyl (C=O) groups is 1. The second-order valence-corrected chi connectivity index (χ2v) is 4.34. The second-order valence-electron chi connectivity index (χ2n) is 4.34. The Hall–Kier alpha value is -0.570. The van der Waals surface area contributed by atoms with Crippen molar-refractivity contribution in [2.75, 3.05) is 13.6 Å². The van der Waals surface area contributed by atoms with Crippen molar-refractivity contribution in [2.45, 2.75) is 46.1 Å². The summed E-state index contributed by atoms with van der Waals surface area (Å²) in [6.07, 6.45) is 2.79. The van der Waals surface area contributed by atoms with Crippen molar-refractivity contribution in [1.82, 2.24) is 4.90 Å². The first-order valence-corrected chi connectivity index (χ1v) is 5.49. The van der Waals surface area contributed by atoms with Crippen LogP contribution in [0.2, 0.25) is 0 Å². The molecule has 0 heterocycles. The maximum absolute atomic E-state index is 11.6. The molecule has 0 aromatic heterocycles. The lowest BCUT2D eigenvalue weighted by molar-refractivity contribution is -0.131. The molecule has 0 bridgehead atoms. The van der Waals surface area contributed by atoms with Crippen LogP contribution in [0.1, 0.15) is 40.0 Å². The summed E-state index contributed by atoms with van der Waals surface area (Å²) in [5.74, 6) is 0.708. The Bertz CT molecular complexity index is 169. The number of carbonyl (C=O) groups excluding carboxylic acids is 1. The molecule has 0 unspecified atom stereocenters. The number of amides is 1. The van der Waals surface area contributed by atoms with E-state index < -0.39 is 0 Å². The van der Waals surface area contributed by atoms with Gasteiger partial charge in [0.05, 0.1) is 6.04 Å². The Morgan fingerprint density at radius 3 is 2.36 bits per heavy atom. The van der Waals surface area contributed by atoms with Crippen LogP contribution in [0.5, 0.6) is 0 Å². The zero-order chi connectivity index (χ0) is 11.1. The van der Waals surface area contributed by atoms with E-state index >= 15 is 0 Å². The van der Waals surface area contributed by atoms with Crippen LogP contribution in [0, 0.1) is 5.92 Å². The standard InChI is InChI=1S/C11H24N2O/c1-5-6-10(12)11(14)13(4)8-7-9(2)3/h9-10H,5-8,12H2,1-4H3/t10-/m1/s1. The number of nitrogens with two attached hydrogens (primary N) is 1. The molecule has 84 valence electrons. The molecule has 0 aliphatic heterocycles. The van der Waals surface area contributed by atoms with E-state index in [1.54, 1.807) is 4.90 Å². The number of rotatable bonds is 6. The Morgan fingerprint density at radius 2 is 1.93 bits per heavy atom. The molecule has 0 saturated carbocycles. The van der Waals surface area contributed by atoms with Gasteiger partial charge in [-0.25, -0.2) is 0 Å². The van der Waals surface area contributed by atoms with E-state index in [1.807, 2.05) is 14.0 Å². The van der Waals surface area contributed by atoms with Crippen molar-refractivity contribution >= 4 is 5.91 Å². The minimum atomic E-state index is -0.308. The van der Waals surface area contributed by atoms with Crippen molar-refractivity contribution in [1.29, 1.82) is 0 Å². The molecule has 0 rings (SSSR count). The van der Waals surface area contributed by atoms with Crippen molar-refractivity contribution in [2.24, 2.45) is 11.7 Å². The largest absolute Gasteiger partial charge is 0.344 e. The highest BCUT2D eigenvalue weighted by Crippen LogP contribution is 2.03. The number of hydrogen-bond acceptors (Lipinski definition) is 2. The third-order valence-electron chi connectivity index (χ3n) is 2.33. The first kappa shape index (κ1) is 13.4. The van der Waals surface area contributed by atoms with Gasteiger partial charge in [-0.05, 0) is 18.8 Å². The molecule has 2 N–H and O–H groups in total. The smallest absolute Gasteiger partial charge is 0.239 e. The van der Waals surface area contributed by atoms with Crippen LogP contribution in [-0.2, 0) is 4.79 Å². The van der Waals surface area contributed by atoms with E-state index in [-0.39, 0.29) is 11.9 Å². The van der Waals surface area contributed by atoms with Gasteiger partial charge < -0.3 is 10.6 Å². The van der Waals surface area contributed by atoms with Crippen LogP contribution in [0.3, 0.4) is 0 Å². The lowest BCUT2D eigenvalue weighted by Gasteiger charge is -2.21. The second kappa shape index (κ2) is 6.82. The van der Waals surface area contributed by atoms with Gasteiger partial charge in [-0.3, -0.25) is 4.79 Å². The summed E-state index contributed by atoms with van der Waals surface area (Å²) in [5.41, 5.74) is 5.74. The van der Waals surface area contributed by atoms with Crippen LogP contribution in [-0.4, -0.2) is 30.4 Å². The molecule has 0 radical (unpaired) electrons. The molecule has 3 nitrogen and oxygen atoms in total. The van der Waals surface area contributed by atoms with Crippen LogP contribution >= 0.6 is 0 Å². The van der Waals surface area contributed by atoms with Crippen LogP contribution in [0.15, 0.2) is 0 Å². The predicted octanol–water partition coefficient (Wildman–Crippen LogP) is 1.62. The third-order valence-corrected chi connectivity index (χ3v) is 2.33. The summed E-state index contributed by atoms with van der Waals surface area (Å²) in [6.45, 7) is 7.17. The molecule has 0 aliphatic carbocycles. The van der Waals surface area contributed by atoms with Crippen LogP contribution in [0.4, 0.5) is 0 Å². The molecule has 0 aliphatic rings. The first-order chi connectivity index (χ1) is 6.49. The van der Waals surface area contributed by atoms with Crippen molar-refractivity contribution < 1.29 is 4.79 Å². The van der Waals surface area contributed by atoms with E-state index in [0.717, 1.165) is 25.8 Å². The monoisotopic (exact) mass is 200 g/mol. The third kappa shape index (κ3) is 5.22. The minimum Gasteiger partial charge on any atom is -0.344 e. The zero-order valence-corrected chi connectivity index (χ0v) is 9.92. The van der Waals surface area contributed by atoms with Crippen LogP contribution < -0.4 is 5.73 Å². The summed E-state index contributed by atoms with van der Waals surface area (Å²) in [6, 6.07) is -0.308. The van der Waals surface area contributed by atoms with Gasteiger partial charge in [0.25, 0.3) is 0 Å². The van der Waals surface area contributed by atoms with Crippen LogP contribution in [0.25, 0.3) is 0 Å². The summed E-state index contributed by atoms with van der Waals surface area (Å²) in [4.78, 5) is 13.4. The molecule has 14 heavy (non-hydrogen) atoms. The Kier molecular flexibility index (Phi) is 6.54. The van der Waals surface area contributed by atoms with Gasteiger partial charge in [0.2, 0.25) is 5.91 Å². The molecule has 0 aromatic rings. The fourth-order valence-electron chi connectivity index (χ4n) is 1.28. The molecular weight excluding hydrogens is 176 g/mol. The highest BCUT2D eigenvalue weighted by Gasteiger charge is 2.16. The van der Waals surface area contributed by atoms with E-state index in [1.165, 1.54) is 0 Å². The van der Waals surface area contributed by atoms with E-state index in [0.29, 0.717) is 5.92 Å². The Morgan fingerprint density at radius 1 is 1.36 bits per heavy atom. The summed E-state index contributed by atoms with van der Waals surface area (Å²) >= 11 is 0. The Balaban J connectivity index is 3.86. The number of likely N-dealkylation sites (N-methyl/N-ethyl adjacent to an activating group) is 1. The maximum atomic E-state index is 11.6. The average Bonchev–Trinajstić information content (AvgIpc) is 2.13. The zero-order valence-electron chi connectivity index (χ0n) is 9.92. The van der Waals surface area contributed by atoms with E-state index in [9.17, 15) is 4.79 Å². The summed E-state index contributed by atoms with van der Waals surface area (Å²) in [7, 11) is 1.83. The Labute approximate surface area is 87.6 Å². The molecular formula is C11H24N2O. The van der Waals surface area contributed by atoms with Crippen molar-refractivity contribution in [3.8, 4) is 0 Å². The first-order valence-electron chi connectivity index (χ1n) is 5.49. The number of nitrogens with zero attached hydrogens (tertiary/aromatic N) is 1. The lowest BCUT2D eigenvalue weighted by atomic mass is 10.1. The van der Waals surface area contributed by atoms with Gasteiger partial charge in [0.15, 0.2) is 0 Å². The molecule has 1 atom stereocenters. The van der Waals surface area contributed by atoms with Gasteiger partial charge in [0.1, 0.15) is 0 Å². The fourth-order valence-corrected chi connectivity index (χ4v) is 1.28. The highest BCUT2D eigenvalue weighted by atomic mass is 16.2. The minimum absolute atomic E-state index is 0.0764. The van der Waals surface area contributed by atoms with Gasteiger partial charge in [0, 0.05) is 13.6 Å². The predicted molar refractivity (Wildman–Crippen MR) is 60.0 cm³/mol. The molecule has 0 saturated heterocycles. The van der Waals surface area contributed by atoms with Gasteiger partial charge >= 0.3 is 0 Å². The van der Waals surface area contributed by atoms with Crippen molar-refractivity contribution in [3.05, 3.63) is 0 Å². The van der Waals surface area contributed by atoms with E-state index in [4.69, 9.17) is 5.73 Å². The SMILES string of the molecule is CCC[C@@H](N)C(=O)N(C)CCC(C)C. The topological polar surface area (TPSA) is 46.3 Å². The molecule has 1 amide bonds. The summed E-state index contributed by atoms with van der Waals surface area (Å²) in [5, 5.41) is 0. The van der Waals surface area contributed by atoms with Gasteiger partial charge in [-0.2, -0.15) is 0 Å².